The number of halogens is 2. The van der Waals surface area contributed by atoms with Gasteiger partial charge in [-0.2, -0.15) is 0 Å². The number of hydrogen-bond donors (Lipinski definition) is 2. The Morgan fingerprint density at radius 3 is 2.80 bits per heavy atom. The van der Waals surface area contributed by atoms with Gasteiger partial charge in [0.15, 0.2) is 0 Å². The van der Waals surface area contributed by atoms with Crippen molar-refractivity contribution in [1.29, 1.82) is 0 Å². The number of phenolic OH excluding ortho intramolecular Hbond substituents is 1. The maximum Gasteiger partial charge on any atom is 0.146 e. The average molecular weight is 275 g/mol. The molecule has 2 N–H and O–H groups in total. The summed E-state index contributed by atoms with van der Waals surface area (Å²) in [6.45, 7) is 0. The summed E-state index contributed by atoms with van der Waals surface area (Å²) in [7, 11) is 0. The van der Waals surface area contributed by atoms with Crippen molar-refractivity contribution < 1.29 is 13.9 Å². The first kappa shape index (κ1) is 12.9. The number of rotatable bonds is 2. The lowest BCUT2D eigenvalue weighted by atomic mass is 9.87. The summed E-state index contributed by atoms with van der Waals surface area (Å²) < 4.78 is 26.9. The first-order chi connectivity index (χ1) is 9.63. The predicted molar refractivity (Wildman–Crippen MR) is 73.8 cm³/mol. The summed E-state index contributed by atoms with van der Waals surface area (Å²) >= 11 is 0. The molecule has 0 fully saturated rings. The molecule has 1 aliphatic rings. The largest absolute Gasteiger partial charge is 0.508 e. The first-order valence-electron chi connectivity index (χ1n) is 6.67. The second kappa shape index (κ2) is 5.12. The lowest BCUT2D eigenvalue weighted by Crippen LogP contribution is -2.18. The Balaban J connectivity index is 1.93. The minimum atomic E-state index is -0.473. The van der Waals surface area contributed by atoms with E-state index in [1.165, 1.54) is 0 Å². The van der Waals surface area contributed by atoms with E-state index in [0.717, 1.165) is 48.6 Å². The van der Waals surface area contributed by atoms with Crippen LogP contribution in [0.3, 0.4) is 0 Å². The highest BCUT2D eigenvalue weighted by atomic mass is 19.1. The van der Waals surface area contributed by atoms with Gasteiger partial charge in [-0.15, -0.1) is 0 Å². The van der Waals surface area contributed by atoms with Gasteiger partial charge >= 0.3 is 0 Å². The van der Waals surface area contributed by atoms with Gasteiger partial charge in [-0.3, -0.25) is 0 Å². The summed E-state index contributed by atoms with van der Waals surface area (Å²) in [5, 5.41) is 12.7. The molecule has 20 heavy (non-hydrogen) atoms. The van der Waals surface area contributed by atoms with Crippen molar-refractivity contribution in [3.05, 3.63) is 59.2 Å². The molecule has 1 unspecified atom stereocenters. The minimum absolute atomic E-state index is 0.109. The first-order valence-corrected chi connectivity index (χ1v) is 6.67. The SMILES string of the molecule is Oc1ccc2c(c1)C(Nc1cc(F)ccc1F)CCC2. The van der Waals surface area contributed by atoms with Gasteiger partial charge in [0.1, 0.15) is 17.4 Å². The van der Waals surface area contributed by atoms with Gasteiger partial charge in [-0.1, -0.05) is 6.07 Å². The van der Waals surface area contributed by atoms with Crippen LogP contribution < -0.4 is 5.32 Å². The van der Waals surface area contributed by atoms with Crippen LogP contribution in [-0.4, -0.2) is 5.11 Å². The zero-order valence-electron chi connectivity index (χ0n) is 10.9. The van der Waals surface area contributed by atoms with Gasteiger partial charge in [-0.05, 0) is 60.7 Å². The summed E-state index contributed by atoms with van der Waals surface area (Å²) in [5.41, 5.74) is 2.26. The van der Waals surface area contributed by atoms with Gasteiger partial charge < -0.3 is 10.4 Å². The fraction of sp³-hybridized carbons (Fsp3) is 0.250. The van der Waals surface area contributed by atoms with Gasteiger partial charge in [0.2, 0.25) is 0 Å². The lowest BCUT2D eigenvalue weighted by molar-refractivity contribution is 0.471. The molecule has 1 aliphatic carbocycles. The van der Waals surface area contributed by atoms with Crippen molar-refractivity contribution >= 4 is 5.69 Å². The Labute approximate surface area is 116 Å². The number of aryl methyl sites for hydroxylation is 1. The van der Waals surface area contributed by atoms with E-state index in [4.69, 9.17) is 0 Å². The normalized spacial score (nSPS) is 17.6. The topological polar surface area (TPSA) is 32.3 Å². The average Bonchev–Trinajstić information content (AvgIpc) is 2.43. The maximum absolute atomic E-state index is 13.7. The molecule has 0 saturated carbocycles. The monoisotopic (exact) mass is 275 g/mol. The van der Waals surface area contributed by atoms with E-state index in [9.17, 15) is 13.9 Å². The Bertz CT molecular complexity index is 642. The molecule has 3 rings (SSSR count). The second-order valence-corrected chi connectivity index (χ2v) is 5.10. The molecule has 2 nitrogen and oxygen atoms in total. The third-order valence-electron chi connectivity index (χ3n) is 3.70. The van der Waals surface area contributed by atoms with Gasteiger partial charge in [0.05, 0.1) is 11.7 Å². The lowest BCUT2D eigenvalue weighted by Gasteiger charge is -2.27. The summed E-state index contributed by atoms with van der Waals surface area (Å²) in [5.74, 6) is -0.753. The highest BCUT2D eigenvalue weighted by molar-refractivity contribution is 5.49. The molecule has 0 spiro atoms. The Morgan fingerprint density at radius 1 is 1.10 bits per heavy atom. The molecule has 2 aromatic rings. The van der Waals surface area contributed by atoms with Crippen molar-refractivity contribution in [2.75, 3.05) is 5.32 Å². The third-order valence-corrected chi connectivity index (χ3v) is 3.70. The van der Waals surface area contributed by atoms with Crippen molar-refractivity contribution in [2.45, 2.75) is 25.3 Å². The fourth-order valence-electron chi connectivity index (χ4n) is 2.73. The molecule has 0 aromatic heterocycles. The number of anilines is 1. The van der Waals surface area contributed by atoms with Crippen LogP contribution >= 0.6 is 0 Å². The Kier molecular flexibility index (Phi) is 3.30. The number of aromatic hydroxyl groups is 1. The zero-order chi connectivity index (χ0) is 14.1. The molecule has 0 amide bonds. The number of nitrogens with one attached hydrogen (secondary N) is 1. The third kappa shape index (κ3) is 2.46. The molecular formula is C16H15F2NO. The van der Waals surface area contributed by atoms with Crippen LogP contribution in [0.1, 0.15) is 30.0 Å². The van der Waals surface area contributed by atoms with E-state index in [0.29, 0.717) is 0 Å². The summed E-state index contributed by atoms with van der Waals surface area (Å²) in [6.07, 6.45) is 2.75. The summed E-state index contributed by atoms with van der Waals surface area (Å²) in [4.78, 5) is 0. The summed E-state index contributed by atoms with van der Waals surface area (Å²) in [6, 6.07) is 8.51. The molecule has 0 heterocycles. The van der Waals surface area contributed by atoms with Crippen LogP contribution in [-0.2, 0) is 6.42 Å². The highest BCUT2D eigenvalue weighted by Crippen LogP contribution is 2.35. The second-order valence-electron chi connectivity index (χ2n) is 5.10. The zero-order valence-corrected chi connectivity index (χ0v) is 10.9. The quantitative estimate of drug-likeness (QED) is 0.862. The van der Waals surface area contributed by atoms with Crippen LogP contribution in [0.4, 0.5) is 14.5 Å². The van der Waals surface area contributed by atoms with Crippen LogP contribution in [0.5, 0.6) is 5.75 Å². The van der Waals surface area contributed by atoms with Crippen LogP contribution in [0.25, 0.3) is 0 Å². The molecule has 0 saturated heterocycles. The van der Waals surface area contributed by atoms with Gasteiger partial charge in [0, 0.05) is 0 Å². The van der Waals surface area contributed by atoms with Gasteiger partial charge in [0.25, 0.3) is 0 Å². The van der Waals surface area contributed by atoms with Crippen molar-refractivity contribution in [1.82, 2.24) is 0 Å². The standard InChI is InChI=1S/C16H15F2NO/c17-11-5-7-14(18)16(8-11)19-15-3-1-2-10-4-6-12(20)9-13(10)15/h4-9,15,19-20H,1-3H2. The number of phenols is 1. The number of fused-ring (bicyclic) bond motifs is 1. The van der Waals surface area contributed by atoms with Crippen LogP contribution in [0.15, 0.2) is 36.4 Å². The molecule has 104 valence electrons. The molecule has 1 atom stereocenters. The van der Waals surface area contributed by atoms with Crippen LogP contribution in [0.2, 0.25) is 0 Å². The van der Waals surface area contributed by atoms with E-state index in [1.54, 1.807) is 12.1 Å². The van der Waals surface area contributed by atoms with E-state index in [1.807, 2.05) is 6.07 Å². The van der Waals surface area contributed by atoms with E-state index >= 15 is 0 Å². The maximum atomic E-state index is 13.7. The van der Waals surface area contributed by atoms with E-state index < -0.39 is 11.6 Å². The Hall–Kier alpha value is -2.10. The van der Waals surface area contributed by atoms with Crippen molar-refractivity contribution in [3.63, 3.8) is 0 Å². The number of benzene rings is 2. The number of hydrogen-bond acceptors (Lipinski definition) is 2. The molecule has 4 heteroatoms. The minimum Gasteiger partial charge on any atom is -0.508 e. The molecule has 2 aromatic carbocycles. The van der Waals surface area contributed by atoms with Crippen LogP contribution in [0, 0.1) is 11.6 Å². The van der Waals surface area contributed by atoms with E-state index in [2.05, 4.69) is 5.32 Å². The Morgan fingerprint density at radius 2 is 1.95 bits per heavy atom. The van der Waals surface area contributed by atoms with E-state index in [-0.39, 0.29) is 17.5 Å². The molecule has 0 radical (unpaired) electrons. The molecule has 0 bridgehead atoms. The predicted octanol–water partition coefficient (Wildman–Crippen LogP) is 4.16. The van der Waals surface area contributed by atoms with Crippen molar-refractivity contribution in [2.24, 2.45) is 0 Å². The molecule has 0 aliphatic heterocycles. The molecular weight excluding hydrogens is 260 g/mol. The van der Waals surface area contributed by atoms with Crippen molar-refractivity contribution in [3.8, 4) is 5.75 Å². The fourth-order valence-corrected chi connectivity index (χ4v) is 2.73. The highest BCUT2D eigenvalue weighted by Gasteiger charge is 2.21. The smallest absolute Gasteiger partial charge is 0.146 e. The van der Waals surface area contributed by atoms with Gasteiger partial charge in [-0.25, -0.2) is 8.78 Å².